The number of hydrogen-bond acceptors (Lipinski definition) is 2. The Morgan fingerprint density at radius 1 is 1.31 bits per heavy atom. The van der Waals surface area contributed by atoms with E-state index in [1.807, 2.05) is 6.92 Å². The summed E-state index contributed by atoms with van der Waals surface area (Å²) in [5.41, 5.74) is 2.14. The normalized spacial score (nSPS) is 15.1. The van der Waals surface area contributed by atoms with E-state index in [1.165, 1.54) is 11.1 Å². The Hall–Kier alpha value is -0.470. The van der Waals surface area contributed by atoms with Gasteiger partial charge in [0.05, 0.1) is 5.60 Å². The molecule has 0 aromatic heterocycles. The van der Waals surface area contributed by atoms with Crippen molar-refractivity contribution in [2.75, 3.05) is 5.75 Å². The minimum absolute atomic E-state index is 0.303. The monoisotopic (exact) mass is 238 g/mol. The molecule has 16 heavy (non-hydrogen) atoms. The number of benzene rings is 1. The van der Waals surface area contributed by atoms with E-state index in [0.29, 0.717) is 5.92 Å². The van der Waals surface area contributed by atoms with Crippen molar-refractivity contribution in [2.45, 2.75) is 39.0 Å². The van der Waals surface area contributed by atoms with Gasteiger partial charge in [0.1, 0.15) is 0 Å². The van der Waals surface area contributed by atoms with E-state index >= 15 is 0 Å². The molecule has 0 aliphatic carbocycles. The van der Waals surface area contributed by atoms with Gasteiger partial charge in [0.2, 0.25) is 0 Å². The molecule has 0 aliphatic rings. The maximum absolute atomic E-state index is 10.1. The van der Waals surface area contributed by atoms with Crippen LogP contribution in [0.5, 0.6) is 0 Å². The summed E-state index contributed by atoms with van der Waals surface area (Å²) < 4.78 is 0. The van der Waals surface area contributed by atoms with E-state index in [9.17, 15) is 5.11 Å². The third-order valence-electron chi connectivity index (χ3n) is 3.16. The molecular weight excluding hydrogens is 216 g/mol. The molecule has 0 fully saturated rings. The molecule has 0 spiro atoms. The predicted molar refractivity (Wildman–Crippen MR) is 72.8 cm³/mol. The van der Waals surface area contributed by atoms with Gasteiger partial charge in [-0.15, -0.1) is 0 Å². The van der Waals surface area contributed by atoms with E-state index in [4.69, 9.17) is 0 Å². The van der Waals surface area contributed by atoms with Gasteiger partial charge in [0.15, 0.2) is 0 Å². The fraction of sp³-hybridized carbons (Fsp3) is 0.571. The lowest BCUT2D eigenvalue weighted by atomic mass is 9.95. The Morgan fingerprint density at radius 3 is 2.50 bits per heavy atom. The lowest BCUT2D eigenvalue weighted by Crippen LogP contribution is -2.33. The summed E-state index contributed by atoms with van der Waals surface area (Å²) in [4.78, 5) is 0. The van der Waals surface area contributed by atoms with Gasteiger partial charge >= 0.3 is 0 Å². The Labute approximate surface area is 103 Å². The highest BCUT2D eigenvalue weighted by Gasteiger charge is 2.24. The first kappa shape index (κ1) is 13.6. The van der Waals surface area contributed by atoms with Crippen LogP contribution >= 0.6 is 11.8 Å². The second-order valence-corrected chi connectivity index (χ2v) is 5.92. The predicted octanol–water partition coefficient (Wildman–Crippen LogP) is 3.64. The van der Waals surface area contributed by atoms with Gasteiger partial charge in [-0.3, -0.25) is 0 Å². The first-order chi connectivity index (χ1) is 7.43. The highest BCUT2D eigenvalue weighted by Crippen LogP contribution is 2.24. The van der Waals surface area contributed by atoms with Gasteiger partial charge in [0.25, 0.3) is 0 Å². The molecule has 1 aromatic rings. The van der Waals surface area contributed by atoms with Crippen molar-refractivity contribution in [3.05, 3.63) is 35.4 Å². The Balaban J connectivity index is 2.45. The molecule has 0 aliphatic heterocycles. The van der Waals surface area contributed by atoms with Crippen LogP contribution < -0.4 is 0 Å². The van der Waals surface area contributed by atoms with Crippen LogP contribution in [0, 0.1) is 12.8 Å². The lowest BCUT2D eigenvalue weighted by Gasteiger charge is -2.27. The summed E-state index contributed by atoms with van der Waals surface area (Å²) in [5.74, 6) is 2.08. The van der Waals surface area contributed by atoms with Gasteiger partial charge in [-0.2, -0.15) is 11.8 Å². The molecule has 0 saturated carbocycles. The van der Waals surface area contributed by atoms with E-state index in [1.54, 1.807) is 11.8 Å². The lowest BCUT2D eigenvalue weighted by molar-refractivity contribution is 0.0376. The fourth-order valence-electron chi connectivity index (χ4n) is 1.31. The average Bonchev–Trinajstić information content (AvgIpc) is 2.20. The zero-order valence-corrected chi connectivity index (χ0v) is 11.5. The number of aliphatic hydroxyl groups is 1. The highest BCUT2D eigenvalue weighted by molar-refractivity contribution is 7.98. The minimum atomic E-state index is -0.562. The topological polar surface area (TPSA) is 20.2 Å². The van der Waals surface area contributed by atoms with Crippen molar-refractivity contribution >= 4 is 11.8 Å². The van der Waals surface area contributed by atoms with Crippen molar-refractivity contribution in [2.24, 2.45) is 5.92 Å². The number of aryl methyl sites for hydroxylation is 1. The third-order valence-corrected chi connectivity index (χ3v) is 4.46. The molecule has 2 heteroatoms. The van der Waals surface area contributed by atoms with E-state index in [-0.39, 0.29) is 0 Å². The quantitative estimate of drug-likeness (QED) is 0.845. The molecule has 1 atom stereocenters. The summed E-state index contributed by atoms with van der Waals surface area (Å²) in [6.45, 7) is 8.18. The van der Waals surface area contributed by atoms with Gasteiger partial charge in [-0.25, -0.2) is 0 Å². The zero-order chi connectivity index (χ0) is 12.2. The number of rotatable bonds is 5. The van der Waals surface area contributed by atoms with Crippen molar-refractivity contribution in [1.29, 1.82) is 0 Å². The number of hydrogen-bond donors (Lipinski definition) is 1. The molecule has 1 unspecified atom stereocenters. The molecule has 1 rings (SSSR count). The Bertz CT molecular complexity index is 331. The molecular formula is C14H22OS. The third kappa shape index (κ3) is 3.84. The molecule has 0 bridgehead atoms. The van der Waals surface area contributed by atoms with Crippen LogP contribution in [-0.2, 0) is 5.75 Å². The summed E-state index contributed by atoms with van der Waals surface area (Å²) in [5, 5.41) is 10.1. The molecule has 0 amide bonds. The standard InChI is InChI=1S/C14H22OS/c1-11(2)14(4,15)10-16-9-13-8-6-5-7-12(13)3/h5-8,11,15H,9-10H2,1-4H3. The molecule has 0 saturated heterocycles. The van der Waals surface area contributed by atoms with Crippen molar-refractivity contribution < 1.29 is 5.11 Å². The van der Waals surface area contributed by atoms with Crippen LogP contribution in [0.2, 0.25) is 0 Å². The first-order valence-corrected chi connectivity index (χ1v) is 6.93. The minimum Gasteiger partial charge on any atom is -0.389 e. The maximum atomic E-state index is 10.1. The van der Waals surface area contributed by atoms with Gasteiger partial charge in [-0.1, -0.05) is 38.1 Å². The van der Waals surface area contributed by atoms with Crippen molar-refractivity contribution in [3.63, 3.8) is 0 Å². The molecule has 1 aromatic carbocycles. The van der Waals surface area contributed by atoms with Gasteiger partial charge in [0, 0.05) is 11.5 Å². The molecule has 1 nitrogen and oxygen atoms in total. The van der Waals surface area contributed by atoms with Crippen LogP contribution in [0.15, 0.2) is 24.3 Å². The summed E-state index contributed by atoms with van der Waals surface area (Å²) in [7, 11) is 0. The summed E-state index contributed by atoms with van der Waals surface area (Å²) in [6.07, 6.45) is 0. The Kier molecular flexibility index (Phi) is 4.88. The molecule has 0 heterocycles. The number of thioether (sulfide) groups is 1. The van der Waals surface area contributed by atoms with E-state index in [2.05, 4.69) is 45.0 Å². The van der Waals surface area contributed by atoms with Crippen LogP contribution in [-0.4, -0.2) is 16.5 Å². The van der Waals surface area contributed by atoms with E-state index < -0.39 is 5.60 Å². The largest absolute Gasteiger partial charge is 0.389 e. The zero-order valence-electron chi connectivity index (χ0n) is 10.7. The average molecular weight is 238 g/mol. The van der Waals surface area contributed by atoms with Crippen molar-refractivity contribution in [3.8, 4) is 0 Å². The fourth-order valence-corrected chi connectivity index (χ4v) is 2.70. The SMILES string of the molecule is Cc1ccccc1CSCC(C)(O)C(C)C. The van der Waals surface area contributed by atoms with Crippen LogP contribution in [0.3, 0.4) is 0 Å². The smallest absolute Gasteiger partial charge is 0.0732 e. The Morgan fingerprint density at radius 2 is 1.94 bits per heavy atom. The second-order valence-electron chi connectivity index (χ2n) is 4.93. The molecule has 90 valence electrons. The van der Waals surface area contributed by atoms with Gasteiger partial charge < -0.3 is 5.11 Å². The molecule has 1 N–H and O–H groups in total. The maximum Gasteiger partial charge on any atom is 0.0732 e. The first-order valence-electron chi connectivity index (χ1n) is 5.78. The van der Waals surface area contributed by atoms with Gasteiger partial charge in [-0.05, 0) is 30.9 Å². The summed E-state index contributed by atoms with van der Waals surface area (Å²) in [6, 6.07) is 8.43. The second kappa shape index (κ2) is 5.74. The van der Waals surface area contributed by atoms with Crippen LogP contribution in [0.25, 0.3) is 0 Å². The van der Waals surface area contributed by atoms with Crippen molar-refractivity contribution in [1.82, 2.24) is 0 Å². The van der Waals surface area contributed by atoms with Crippen LogP contribution in [0.4, 0.5) is 0 Å². The molecule has 0 radical (unpaired) electrons. The van der Waals surface area contributed by atoms with E-state index in [0.717, 1.165) is 11.5 Å². The van der Waals surface area contributed by atoms with Crippen LogP contribution in [0.1, 0.15) is 31.9 Å². The summed E-state index contributed by atoms with van der Waals surface area (Å²) >= 11 is 1.81. The highest BCUT2D eigenvalue weighted by atomic mass is 32.2.